The normalized spacial score (nSPS) is 10.4. The summed E-state index contributed by atoms with van der Waals surface area (Å²) in [5, 5.41) is 0. The number of hydrogen-bond donors (Lipinski definition) is 1. The van der Waals surface area contributed by atoms with Gasteiger partial charge in [0.2, 0.25) is 0 Å². The molecule has 2 aromatic carbocycles. The Bertz CT molecular complexity index is 653. The molecule has 0 heterocycles. The quantitative estimate of drug-likeness (QED) is 0.856. The number of nitrogens with two attached hydrogens (primary N) is 1. The third-order valence-electron chi connectivity index (χ3n) is 3.27. The predicted octanol–water partition coefficient (Wildman–Crippen LogP) is 4.13. The van der Waals surface area contributed by atoms with Gasteiger partial charge in [-0.2, -0.15) is 0 Å². The fraction of sp³-hybridized carbons (Fsp3) is 0.250. The molecule has 0 aliphatic heterocycles. The molecule has 0 saturated carbocycles. The molecule has 0 aliphatic rings. The highest BCUT2D eigenvalue weighted by Gasteiger charge is 2.12. The molecule has 0 fully saturated rings. The molecule has 3 nitrogen and oxygen atoms in total. The summed E-state index contributed by atoms with van der Waals surface area (Å²) in [5.41, 5.74) is 9.04. The van der Waals surface area contributed by atoms with Crippen LogP contribution in [0.4, 0.5) is 10.1 Å². The average Bonchev–Trinajstić information content (AvgIpc) is 2.38. The zero-order valence-electron chi connectivity index (χ0n) is 12.1. The van der Waals surface area contributed by atoms with Crippen LogP contribution in [-0.2, 0) is 0 Å². The van der Waals surface area contributed by atoms with Crippen molar-refractivity contribution in [3.63, 3.8) is 0 Å². The van der Waals surface area contributed by atoms with E-state index in [2.05, 4.69) is 6.07 Å². The molecule has 4 heteroatoms. The molecule has 0 aliphatic carbocycles. The highest BCUT2D eigenvalue weighted by Crippen LogP contribution is 2.34. The maximum atomic E-state index is 13.9. The monoisotopic (exact) mass is 275 g/mol. The Morgan fingerprint density at radius 2 is 1.65 bits per heavy atom. The number of anilines is 1. The van der Waals surface area contributed by atoms with Crippen molar-refractivity contribution in [2.75, 3.05) is 12.8 Å². The molecule has 0 atom stereocenters. The fourth-order valence-electron chi connectivity index (χ4n) is 2.03. The number of aryl methyl sites for hydroxylation is 2. The molecule has 0 aromatic heterocycles. The molecule has 0 amide bonds. The Morgan fingerprint density at radius 1 is 0.950 bits per heavy atom. The topological polar surface area (TPSA) is 44.5 Å². The van der Waals surface area contributed by atoms with Crippen LogP contribution in [0.15, 0.2) is 24.3 Å². The van der Waals surface area contributed by atoms with Gasteiger partial charge in [0.05, 0.1) is 12.8 Å². The zero-order valence-corrected chi connectivity index (χ0v) is 12.1. The van der Waals surface area contributed by atoms with Crippen LogP contribution in [0, 0.1) is 26.6 Å². The Labute approximate surface area is 118 Å². The molecular formula is C16H18FNO2. The molecule has 2 aromatic rings. The van der Waals surface area contributed by atoms with E-state index in [1.54, 1.807) is 0 Å². The lowest BCUT2D eigenvalue weighted by Gasteiger charge is -2.14. The van der Waals surface area contributed by atoms with Gasteiger partial charge in [0, 0.05) is 12.1 Å². The van der Waals surface area contributed by atoms with E-state index in [-0.39, 0.29) is 11.4 Å². The van der Waals surface area contributed by atoms with Crippen molar-refractivity contribution in [2.24, 2.45) is 0 Å². The highest BCUT2D eigenvalue weighted by molar-refractivity contribution is 5.57. The predicted molar refractivity (Wildman–Crippen MR) is 78.1 cm³/mol. The second-order valence-corrected chi connectivity index (χ2v) is 4.83. The summed E-state index contributed by atoms with van der Waals surface area (Å²) < 4.78 is 24.7. The van der Waals surface area contributed by atoms with E-state index in [0.29, 0.717) is 11.5 Å². The summed E-state index contributed by atoms with van der Waals surface area (Å²) in [6.45, 7) is 5.91. The second kappa shape index (κ2) is 5.41. The van der Waals surface area contributed by atoms with Gasteiger partial charge in [-0.3, -0.25) is 0 Å². The van der Waals surface area contributed by atoms with Gasteiger partial charge in [0.15, 0.2) is 11.6 Å². The molecule has 0 bridgehead atoms. The molecule has 20 heavy (non-hydrogen) atoms. The Morgan fingerprint density at radius 3 is 2.30 bits per heavy atom. The van der Waals surface area contributed by atoms with Gasteiger partial charge in [-0.05, 0) is 43.5 Å². The molecule has 0 radical (unpaired) electrons. The smallest absolute Gasteiger partial charge is 0.168 e. The standard InChI is InChI=1S/C16H18FNO2/c1-9-5-10(2)11(3)14(6-9)20-15-8-16(19-4)13(18)7-12(15)17/h5-8H,18H2,1-4H3. The average molecular weight is 275 g/mol. The Kier molecular flexibility index (Phi) is 3.84. The molecule has 2 rings (SSSR count). The lowest BCUT2D eigenvalue weighted by atomic mass is 10.1. The van der Waals surface area contributed by atoms with E-state index >= 15 is 0 Å². The van der Waals surface area contributed by atoms with Crippen molar-refractivity contribution >= 4 is 5.69 Å². The first-order valence-corrected chi connectivity index (χ1v) is 6.31. The SMILES string of the molecule is COc1cc(Oc2cc(C)cc(C)c2C)c(F)cc1N. The van der Waals surface area contributed by atoms with Gasteiger partial charge in [0.1, 0.15) is 11.5 Å². The van der Waals surface area contributed by atoms with Crippen molar-refractivity contribution in [1.29, 1.82) is 0 Å². The second-order valence-electron chi connectivity index (χ2n) is 4.83. The summed E-state index contributed by atoms with van der Waals surface area (Å²) in [6, 6.07) is 6.60. The lowest BCUT2D eigenvalue weighted by molar-refractivity contribution is 0.402. The van der Waals surface area contributed by atoms with E-state index in [0.717, 1.165) is 16.7 Å². The highest BCUT2D eigenvalue weighted by atomic mass is 19.1. The molecular weight excluding hydrogens is 257 g/mol. The number of rotatable bonds is 3. The van der Waals surface area contributed by atoms with Crippen LogP contribution in [0.3, 0.4) is 0 Å². The first kappa shape index (κ1) is 14.2. The Hall–Kier alpha value is -2.23. The number of ether oxygens (including phenoxy) is 2. The third-order valence-corrected chi connectivity index (χ3v) is 3.27. The van der Waals surface area contributed by atoms with Crippen molar-refractivity contribution < 1.29 is 13.9 Å². The fourth-order valence-corrected chi connectivity index (χ4v) is 2.03. The first-order valence-electron chi connectivity index (χ1n) is 6.31. The largest absolute Gasteiger partial charge is 0.494 e. The van der Waals surface area contributed by atoms with Gasteiger partial charge in [-0.15, -0.1) is 0 Å². The maximum absolute atomic E-state index is 13.9. The zero-order chi connectivity index (χ0) is 14.9. The van der Waals surface area contributed by atoms with E-state index in [4.69, 9.17) is 15.2 Å². The van der Waals surface area contributed by atoms with Crippen molar-refractivity contribution in [2.45, 2.75) is 20.8 Å². The van der Waals surface area contributed by atoms with Gasteiger partial charge >= 0.3 is 0 Å². The van der Waals surface area contributed by atoms with Gasteiger partial charge < -0.3 is 15.2 Å². The summed E-state index contributed by atoms with van der Waals surface area (Å²) in [6.07, 6.45) is 0. The van der Waals surface area contributed by atoms with E-state index in [9.17, 15) is 4.39 Å². The van der Waals surface area contributed by atoms with E-state index < -0.39 is 5.82 Å². The number of nitrogen functional groups attached to an aromatic ring is 1. The van der Waals surface area contributed by atoms with Gasteiger partial charge in [-0.25, -0.2) is 4.39 Å². The van der Waals surface area contributed by atoms with E-state index in [1.165, 1.54) is 19.2 Å². The number of hydrogen-bond acceptors (Lipinski definition) is 3. The van der Waals surface area contributed by atoms with Crippen LogP contribution in [0.2, 0.25) is 0 Å². The third kappa shape index (κ3) is 2.69. The van der Waals surface area contributed by atoms with Crippen LogP contribution in [0.1, 0.15) is 16.7 Å². The van der Waals surface area contributed by atoms with Crippen LogP contribution in [0.25, 0.3) is 0 Å². The molecule has 2 N–H and O–H groups in total. The maximum Gasteiger partial charge on any atom is 0.168 e. The van der Waals surface area contributed by atoms with Crippen molar-refractivity contribution in [3.8, 4) is 17.2 Å². The molecule has 106 valence electrons. The summed E-state index contributed by atoms with van der Waals surface area (Å²) in [5.74, 6) is 0.614. The van der Waals surface area contributed by atoms with Crippen molar-refractivity contribution in [3.05, 3.63) is 46.8 Å². The summed E-state index contributed by atoms with van der Waals surface area (Å²) in [4.78, 5) is 0. The molecule has 0 spiro atoms. The Balaban J connectivity index is 2.45. The first-order chi connectivity index (χ1) is 9.42. The summed E-state index contributed by atoms with van der Waals surface area (Å²) in [7, 11) is 1.48. The number of methoxy groups -OCH3 is 1. The van der Waals surface area contributed by atoms with Crippen LogP contribution < -0.4 is 15.2 Å². The van der Waals surface area contributed by atoms with Crippen LogP contribution >= 0.6 is 0 Å². The van der Waals surface area contributed by atoms with Crippen LogP contribution in [0.5, 0.6) is 17.2 Å². The number of benzene rings is 2. The summed E-state index contributed by atoms with van der Waals surface area (Å²) >= 11 is 0. The minimum Gasteiger partial charge on any atom is -0.494 e. The molecule has 0 saturated heterocycles. The van der Waals surface area contributed by atoms with Gasteiger partial charge in [0.25, 0.3) is 0 Å². The lowest BCUT2D eigenvalue weighted by Crippen LogP contribution is -1.98. The van der Waals surface area contributed by atoms with Crippen molar-refractivity contribution in [1.82, 2.24) is 0 Å². The minimum atomic E-state index is -0.512. The van der Waals surface area contributed by atoms with Gasteiger partial charge in [-0.1, -0.05) is 6.07 Å². The minimum absolute atomic E-state index is 0.101. The molecule has 0 unspecified atom stereocenters. The van der Waals surface area contributed by atoms with E-state index in [1.807, 2.05) is 26.8 Å². The van der Waals surface area contributed by atoms with Crippen LogP contribution in [-0.4, -0.2) is 7.11 Å². The number of halogens is 1.